The van der Waals surface area contributed by atoms with Crippen LogP contribution in [0.15, 0.2) is 35.2 Å². The highest BCUT2D eigenvalue weighted by atomic mass is 16.3. The molecule has 2 aliphatic rings. The molecule has 1 fully saturated rings. The molecule has 0 saturated carbocycles. The molecule has 6 nitrogen and oxygen atoms in total. The van der Waals surface area contributed by atoms with Gasteiger partial charge in [-0.15, -0.1) is 0 Å². The van der Waals surface area contributed by atoms with Crippen LogP contribution in [0.1, 0.15) is 30.0 Å². The number of imidazole rings is 1. The zero-order chi connectivity index (χ0) is 15.7. The number of hydrogen-bond donors (Lipinski definition) is 2. The van der Waals surface area contributed by atoms with Crippen molar-refractivity contribution in [3.8, 4) is 0 Å². The third-order valence-electron chi connectivity index (χ3n) is 4.87. The highest BCUT2D eigenvalue weighted by Crippen LogP contribution is 2.35. The quantitative estimate of drug-likeness (QED) is 0.828. The van der Waals surface area contributed by atoms with Gasteiger partial charge in [0, 0.05) is 37.8 Å². The summed E-state index contributed by atoms with van der Waals surface area (Å²) < 4.78 is 5.21. The Morgan fingerprint density at radius 2 is 2.26 bits per heavy atom. The molecule has 0 bridgehead atoms. The van der Waals surface area contributed by atoms with Gasteiger partial charge in [0.15, 0.2) is 0 Å². The number of nitrogens with one attached hydrogen (secondary N) is 2. The summed E-state index contributed by atoms with van der Waals surface area (Å²) in [6, 6.07) is 3.64. The predicted molar refractivity (Wildman–Crippen MR) is 85.5 cm³/mol. The number of aromatic amines is 1. The van der Waals surface area contributed by atoms with Crippen LogP contribution in [0.4, 0.5) is 0 Å². The van der Waals surface area contributed by atoms with E-state index in [2.05, 4.69) is 15.3 Å². The van der Waals surface area contributed by atoms with E-state index in [9.17, 15) is 4.79 Å². The standard InChI is InChI=1S/C17H20N4O2/c22-15(4-3-13-2-1-11-23-13)21-9-6-17(7-10-21)16-14(5-8-20-17)18-12-19-16/h1-4,11-12,20H,5-10H2,(H,18,19). The van der Waals surface area contributed by atoms with Crippen LogP contribution in [-0.2, 0) is 16.8 Å². The Morgan fingerprint density at radius 1 is 1.39 bits per heavy atom. The van der Waals surface area contributed by atoms with Crippen LogP contribution in [0.3, 0.4) is 0 Å². The van der Waals surface area contributed by atoms with E-state index < -0.39 is 0 Å². The zero-order valence-electron chi connectivity index (χ0n) is 12.9. The summed E-state index contributed by atoms with van der Waals surface area (Å²) in [4.78, 5) is 22.0. The minimum absolute atomic E-state index is 0.0364. The maximum atomic E-state index is 12.3. The van der Waals surface area contributed by atoms with Crippen LogP contribution in [-0.4, -0.2) is 40.4 Å². The largest absolute Gasteiger partial charge is 0.465 e. The van der Waals surface area contributed by atoms with Crippen molar-refractivity contribution in [3.05, 3.63) is 47.9 Å². The molecule has 1 spiro atoms. The third kappa shape index (κ3) is 2.59. The number of furan rings is 1. The van der Waals surface area contributed by atoms with Gasteiger partial charge in [-0.05, 0) is 31.1 Å². The predicted octanol–water partition coefficient (Wildman–Crippen LogP) is 1.68. The van der Waals surface area contributed by atoms with Gasteiger partial charge in [-0.1, -0.05) is 0 Å². The first-order valence-corrected chi connectivity index (χ1v) is 8.05. The van der Waals surface area contributed by atoms with Crippen molar-refractivity contribution in [1.82, 2.24) is 20.2 Å². The summed E-state index contributed by atoms with van der Waals surface area (Å²) in [5.41, 5.74) is 2.30. The lowest BCUT2D eigenvalue weighted by Crippen LogP contribution is -2.55. The molecule has 0 unspecified atom stereocenters. The van der Waals surface area contributed by atoms with E-state index in [0.29, 0.717) is 5.76 Å². The minimum Gasteiger partial charge on any atom is -0.465 e. The fraction of sp³-hybridized carbons (Fsp3) is 0.412. The Bertz CT molecular complexity index is 709. The molecule has 1 saturated heterocycles. The number of H-pyrrole nitrogens is 1. The number of nitrogens with zero attached hydrogens (tertiary/aromatic N) is 2. The second kappa shape index (κ2) is 5.70. The number of amides is 1. The van der Waals surface area contributed by atoms with E-state index in [1.807, 2.05) is 17.0 Å². The lowest BCUT2D eigenvalue weighted by atomic mass is 9.80. The summed E-state index contributed by atoms with van der Waals surface area (Å²) in [5, 5.41) is 3.64. The first-order valence-electron chi connectivity index (χ1n) is 8.05. The molecule has 0 radical (unpaired) electrons. The zero-order valence-corrected chi connectivity index (χ0v) is 12.9. The number of rotatable bonds is 2. The lowest BCUT2D eigenvalue weighted by Gasteiger charge is -2.43. The molecule has 120 valence electrons. The lowest BCUT2D eigenvalue weighted by molar-refractivity contribution is -0.127. The molecule has 1 amide bonds. The Kier molecular flexibility index (Phi) is 3.53. The van der Waals surface area contributed by atoms with Crippen LogP contribution in [0.5, 0.6) is 0 Å². The van der Waals surface area contributed by atoms with Gasteiger partial charge in [0.1, 0.15) is 5.76 Å². The van der Waals surface area contributed by atoms with Gasteiger partial charge < -0.3 is 19.6 Å². The number of piperidine rings is 1. The smallest absolute Gasteiger partial charge is 0.246 e. The number of carbonyl (C=O) groups excluding carboxylic acids is 1. The molecule has 2 N–H and O–H groups in total. The molecule has 4 heterocycles. The van der Waals surface area contributed by atoms with E-state index in [0.717, 1.165) is 44.6 Å². The molecule has 0 aliphatic carbocycles. The second-order valence-electron chi connectivity index (χ2n) is 6.16. The Balaban J connectivity index is 1.43. The molecule has 2 aromatic heterocycles. The third-order valence-corrected chi connectivity index (χ3v) is 4.87. The van der Waals surface area contributed by atoms with Gasteiger partial charge in [0.05, 0.1) is 23.8 Å². The topological polar surface area (TPSA) is 74.2 Å². The van der Waals surface area contributed by atoms with Gasteiger partial charge in [-0.3, -0.25) is 4.79 Å². The van der Waals surface area contributed by atoms with Crippen molar-refractivity contribution in [2.24, 2.45) is 0 Å². The number of likely N-dealkylation sites (tertiary alicyclic amines) is 1. The van der Waals surface area contributed by atoms with Gasteiger partial charge in [-0.2, -0.15) is 0 Å². The van der Waals surface area contributed by atoms with Crippen LogP contribution in [0.2, 0.25) is 0 Å². The van der Waals surface area contributed by atoms with Crippen LogP contribution in [0, 0.1) is 0 Å². The Labute approximate surface area is 134 Å². The second-order valence-corrected chi connectivity index (χ2v) is 6.16. The fourth-order valence-electron chi connectivity index (χ4n) is 3.60. The van der Waals surface area contributed by atoms with Crippen LogP contribution < -0.4 is 5.32 Å². The first kappa shape index (κ1) is 14.3. The minimum atomic E-state index is -0.0743. The molecule has 2 aromatic rings. The van der Waals surface area contributed by atoms with Crippen molar-refractivity contribution in [2.75, 3.05) is 19.6 Å². The van der Waals surface area contributed by atoms with E-state index in [1.54, 1.807) is 24.7 Å². The highest BCUT2D eigenvalue weighted by molar-refractivity contribution is 5.91. The van der Waals surface area contributed by atoms with Crippen LogP contribution in [0.25, 0.3) is 6.08 Å². The van der Waals surface area contributed by atoms with Crippen molar-refractivity contribution >= 4 is 12.0 Å². The maximum Gasteiger partial charge on any atom is 0.246 e. The average Bonchev–Trinajstić information content (AvgIpc) is 3.25. The number of carbonyl (C=O) groups is 1. The number of fused-ring (bicyclic) bond motifs is 2. The van der Waals surface area contributed by atoms with E-state index in [1.165, 1.54) is 5.69 Å². The fourth-order valence-corrected chi connectivity index (χ4v) is 3.60. The summed E-state index contributed by atoms with van der Waals surface area (Å²) in [6.45, 7) is 2.43. The summed E-state index contributed by atoms with van der Waals surface area (Å²) in [7, 11) is 0. The van der Waals surface area contributed by atoms with Crippen molar-refractivity contribution < 1.29 is 9.21 Å². The number of hydrogen-bond acceptors (Lipinski definition) is 4. The van der Waals surface area contributed by atoms with Crippen molar-refractivity contribution in [3.63, 3.8) is 0 Å². The van der Waals surface area contributed by atoms with E-state index in [4.69, 9.17) is 4.42 Å². The number of aromatic nitrogens is 2. The normalized spacial score (nSPS) is 20.1. The molecular weight excluding hydrogens is 292 g/mol. The molecular formula is C17H20N4O2. The highest BCUT2D eigenvalue weighted by Gasteiger charge is 2.41. The van der Waals surface area contributed by atoms with Crippen molar-refractivity contribution in [1.29, 1.82) is 0 Å². The average molecular weight is 312 g/mol. The van der Waals surface area contributed by atoms with Crippen LogP contribution >= 0.6 is 0 Å². The van der Waals surface area contributed by atoms with Gasteiger partial charge >= 0.3 is 0 Å². The van der Waals surface area contributed by atoms with E-state index >= 15 is 0 Å². The van der Waals surface area contributed by atoms with Gasteiger partial charge in [-0.25, -0.2) is 4.98 Å². The maximum absolute atomic E-state index is 12.3. The summed E-state index contributed by atoms with van der Waals surface area (Å²) >= 11 is 0. The summed E-state index contributed by atoms with van der Waals surface area (Å²) in [5.74, 6) is 0.733. The monoisotopic (exact) mass is 312 g/mol. The Hall–Kier alpha value is -2.34. The molecule has 6 heteroatoms. The molecule has 23 heavy (non-hydrogen) atoms. The Morgan fingerprint density at radius 3 is 3.04 bits per heavy atom. The molecule has 0 atom stereocenters. The molecule has 2 aliphatic heterocycles. The van der Waals surface area contributed by atoms with Gasteiger partial charge in [0.2, 0.25) is 5.91 Å². The summed E-state index contributed by atoms with van der Waals surface area (Å²) in [6.07, 6.45) is 9.47. The molecule has 4 rings (SSSR count). The first-order chi connectivity index (χ1) is 11.3. The van der Waals surface area contributed by atoms with E-state index in [-0.39, 0.29) is 11.4 Å². The van der Waals surface area contributed by atoms with Gasteiger partial charge in [0.25, 0.3) is 0 Å². The van der Waals surface area contributed by atoms with Crippen molar-refractivity contribution in [2.45, 2.75) is 24.8 Å². The molecule has 0 aromatic carbocycles. The SMILES string of the molecule is O=C(C=Cc1ccco1)N1CCC2(CC1)NCCc1[nH]cnc12.